The van der Waals surface area contributed by atoms with Crippen molar-refractivity contribution in [2.45, 2.75) is 0 Å². The van der Waals surface area contributed by atoms with Gasteiger partial charge in [-0.2, -0.15) is 5.26 Å². The van der Waals surface area contributed by atoms with Gasteiger partial charge in [-0.3, -0.25) is 0 Å². The van der Waals surface area contributed by atoms with Crippen LogP contribution in [0.1, 0.15) is 5.56 Å². The van der Waals surface area contributed by atoms with Crippen molar-refractivity contribution in [3.05, 3.63) is 87.1 Å². The van der Waals surface area contributed by atoms with Crippen molar-refractivity contribution in [2.24, 2.45) is 0 Å². The van der Waals surface area contributed by atoms with Gasteiger partial charge in [0, 0.05) is 28.0 Å². The Bertz CT molecular complexity index is 1730. The monoisotopic (exact) mass is 437 g/mol. The topological polar surface area (TPSA) is 132 Å². The minimum absolute atomic E-state index is 0.0682. The van der Waals surface area contributed by atoms with Gasteiger partial charge < -0.3 is 19.3 Å². The summed E-state index contributed by atoms with van der Waals surface area (Å²) < 4.78 is 16.0. The van der Waals surface area contributed by atoms with Gasteiger partial charge in [0.15, 0.2) is 0 Å². The zero-order valence-corrected chi connectivity index (χ0v) is 17.3. The minimum Gasteiger partial charge on any atom is -0.497 e. The van der Waals surface area contributed by atoms with Crippen LogP contribution >= 0.6 is 0 Å². The molecule has 0 fully saturated rings. The smallest absolute Gasteiger partial charge is 0.345 e. The van der Waals surface area contributed by atoms with Crippen LogP contribution < -0.4 is 21.7 Å². The fraction of sp³-hybridized carbons (Fsp3) is 0.0400. The van der Waals surface area contributed by atoms with Crippen molar-refractivity contribution in [2.75, 3.05) is 12.8 Å². The lowest BCUT2D eigenvalue weighted by molar-refractivity contribution is 0.415. The first-order chi connectivity index (χ1) is 16.0. The molecule has 0 aliphatic rings. The highest BCUT2D eigenvalue weighted by molar-refractivity contribution is 5.97. The zero-order valence-electron chi connectivity index (χ0n) is 17.3. The molecule has 3 heterocycles. The lowest BCUT2D eigenvalue weighted by Gasteiger charge is -2.12. The first kappa shape index (κ1) is 20.0. The molecule has 8 heteroatoms. The van der Waals surface area contributed by atoms with E-state index in [2.05, 4.69) is 4.98 Å². The molecule has 5 aromatic rings. The Kier molecular flexibility index (Phi) is 4.65. The summed E-state index contributed by atoms with van der Waals surface area (Å²) in [7, 11) is 1.52. The number of hydrogen-bond acceptors (Lipinski definition) is 8. The number of hydrogen-bond donors (Lipinski definition) is 1. The molecule has 2 aromatic carbocycles. The van der Waals surface area contributed by atoms with Crippen molar-refractivity contribution < 1.29 is 13.6 Å². The molecule has 8 nitrogen and oxygen atoms in total. The highest BCUT2D eigenvalue weighted by Crippen LogP contribution is 2.35. The third kappa shape index (κ3) is 3.38. The summed E-state index contributed by atoms with van der Waals surface area (Å²) in [6, 6.07) is 18.5. The van der Waals surface area contributed by atoms with Crippen LogP contribution in [0.4, 0.5) is 5.82 Å². The Balaban J connectivity index is 1.84. The average molecular weight is 437 g/mol. The number of methoxy groups -OCH3 is 1. The summed E-state index contributed by atoms with van der Waals surface area (Å²) in [5.41, 5.74) is 6.85. The maximum Gasteiger partial charge on any atom is 0.345 e. The van der Waals surface area contributed by atoms with Crippen molar-refractivity contribution in [1.29, 1.82) is 5.26 Å². The van der Waals surface area contributed by atoms with Crippen LogP contribution in [-0.2, 0) is 0 Å². The number of nitriles is 1. The molecule has 33 heavy (non-hydrogen) atoms. The Morgan fingerprint density at radius 3 is 2.55 bits per heavy atom. The van der Waals surface area contributed by atoms with E-state index < -0.39 is 11.3 Å². The molecule has 0 aliphatic heterocycles. The van der Waals surface area contributed by atoms with Crippen LogP contribution in [0.15, 0.2) is 79.1 Å². The van der Waals surface area contributed by atoms with Gasteiger partial charge in [-0.25, -0.2) is 14.6 Å². The lowest BCUT2D eigenvalue weighted by Crippen LogP contribution is -2.07. The maximum absolute atomic E-state index is 12.7. The van der Waals surface area contributed by atoms with E-state index in [-0.39, 0.29) is 22.6 Å². The molecule has 0 bridgehead atoms. The fourth-order valence-corrected chi connectivity index (χ4v) is 3.77. The number of para-hydroxylation sites is 1. The highest BCUT2D eigenvalue weighted by atomic mass is 16.5. The molecule has 0 amide bonds. The molecule has 0 unspecified atom stereocenters. The predicted molar refractivity (Wildman–Crippen MR) is 123 cm³/mol. The van der Waals surface area contributed by atoms with Gasteiger partial charge in [0.2, 0.25) is 0 Å². The van der Waals surface area contributed by atoms with Crippen LogP contribution in [0.2, 0.25) is 0 Å². The van der Waals surface area contributed by atoms with Gasteiger partial charge in [-0.15, -0.1) is 0 Å². The predicted octanol–water partition coefficient (Wildman–Crippen LogP) is 4.09. The summed E-state index contributed by atoms with van der Waals surface area (Å²) in [4.78, 5) is 29.3. The highest BCUT2D eigenvalue weighted by Gasteiger charge is 2.19. The Labute approximate surface area is 186 Å². The molecule has 2 N–H and O–H groups in total. The van der Waals surface area contributed by atoms with Crippen molar-refractivity contribution in [3.8, 4) is 34.2 Å². The lowest BCUT2D eigenvalue weighted by atomic mass is 9.96. The number of benzene rings is 2. The van der Waals surface area contributed by atoms with Crippen LogP contribution in [0, 0.1) is 11.3 Å². The quantitative estimate of drug-likeness (QED) is 0.417. The van der Waals surface area contributed by atoms with E-state index in [1.165, 1.54) is 13.2 Å². The summed E-state index contributed by atoms with van der Waals surface area (Å²) in [6.45, 7) is 0. The Morgan fingerprint density at radius 2 is 1.76 bits per heavy atom. The number of pyridine rings is 1. The number of fused-ring (bicyclic) bond motifs is 2. The first-order valence-electron chi connectivity index (χ1n) is 9.84. The minimum atomic E-state index is -0.603. The van der Waals surface area contributed by atoms with Crippen LogP contribution in [0.3, 0.4) is 0 Å². The van der Waals surface area contributed by atoms with Gasteiger partial charge in [0.25, 0.3) is 0 Å². The van der Waals surface area contributed by atoms with Crippen molar-refractivity contribution in [1.82, 2.24) is 4.98 Å². The summed E-state index contributed by atoms with van der Waals surface area (Å²) in [5.74, 6) is 0.454. The third-order valence-electron chi connectivity index (χ3n) is 5.32. The molecule has 0 atom stereocenters. The number of nitrogens with zero attached hydrogens (tertiary/aromatic N) is 2. The van der Waals surface area contributed by atoms with Crippen LogP contribution in [0.25, 0.3) is 44.3 Å². The van der Waals surface area contributed by atoms with E-state index in [1.807, 2.05) is 12.1 Å². The normalized spacial score (nSPS) is 10.9. The molecule has 5 rings (SSSR count). The van der Waals surface area contributed by atoms with Gasteiger partial charge in [0.05, 0.1) is 18.4 Å². The van der Waals surface area contributed by atoms with Crippen LogP contribution in [0.5, 0.6) is 5.75 Å². The molecule has 0 aliphatic carbocycles. The zero-order chi connectivity index (χ0) is 23.1. The van der Waals surface area contributed by atoms with E-state index in [1.54, 1.807) is 48.5 Å². The second-order valence-corrected chi connectivity index (χ2v) is 7.25. The van der Waals surface area contributed by atoms with Gasteiger partial charge in [-0.1, -0.05) is 18.2 Å². The first-order valence-corrected chi connectivity index (χ1v) is 9.84. The third-order valence-corrected chi connectivity index (χ3v) is 5.32. The van der Waals surface area contributed by atoms with Gasteiger partial charge in [-0.05, 0) is 36.4 Å². The molecular weight excluding hydrogens is 422 g/mol. The maximum atomic E-state index is 12.7. The van der Waals surface area contributed by atoms with Crippen molar-refractivity contribution in [3.63, 3.8) is 0 Å². The SMILES string of the molecule is COc1ccc2oc(=O)cc(-c3cc(-c4cc5ccccc5oc4=O)nc(N)c3C#N)c2c1. The van der Waals surface area contributed by atoms with Gasteiger partial charge in [0.1, 0.15) is 34.4 Å². The molecule has 0 saturated carbocycles. The molecule has 0 spiro atoms. The summed E-state index contributed by atoms with van der Waals surface area (Å²) >= 11 is 0. The Morgan fingerprint density at radius 1 is 0.939 bits per heavy atom. The van der Waals surface area contributed by atoms with E-state index in [9.17, 15) is 14.9 Å². The molecule has 3 aromatic heterocycles. The van der Waals surface area contributed by atoms with Gasteiger partial charge >= 0.3 is 11.3 Å². The largest absolute Gasteiger partial charge is 0.497 e. The van der Waals surface area contributed by atoms with E-state index in [0.717, 1.165) is 0 Å². The van der Waals surface area contributed by atoms with Crippen LogP contribution in [-0.4, -0.2) is 12.1 Å². The standard InChI is InChI=1S/C25H15N3O5/c1-31-14-6-7-22-17(9-14)16(11-23(29)32-22)15-10-20(28-24(27)19(15)12-26)18-8-13-4-2-3-5-21(13)33-25(18)30/h2-11H,1H3,(H2,27,28). The Hall–Kier alpha value is -4.90. The van der Waals surface area contributed by atoms with E-state index >= 15 is 0 Å². The number of nitrogens with two attached hydrogens (primary N) is 1. The molecule has 160 valence electrons. The summed E-state index contributed by atoms with van der Waals surface area (Å²) in [6.07, 6.45) is 0. The second-order valence-electron chi connectivity index (χ2n) is 7.25. The summed E-state index contributed by atoms with van der Waals surface area (Å²) in [5, 5.41) is 11.0. The molecular formula is C25H15N3O5. The number of nitrogen functional groups attached to an aromatic ring is 1. The number of anilines is 1. The number of rotatable bonds is 3. The number of aromatic nitrogens is 1. The van der Waals surface area contributed by atoms with E-state index in [4.69, 9.17) is 19.3 Å². The molecule has 0 saturated heterocycles. The van der Waals surface area contributed by atoms with E-state index in [0.29, 0.717) is 38.8 Å². The fourth-order valence-electron chi connectivity index (χ4n) is 3.77. The molecule has 0 radical (unpaired) electrons. The van der Waals surface area contributed by atoms with Crippen molar-refractivity contribution >= 4 is 27.8 Å². The number of ether oxygens (including phenoxy) is 1. The second kappa shape index (κ2) is 7.66. The average Bonchev–Trinajstić information content (AvgIpc) is 2.82.